The number of rotatable bonds is 2. The second-order valence-electron chi connectivity index (χ2n) is 3.78. The molecule has 0 amide bonds. The van der Waals surface area contributed by atoms with Gasteiger partial charge in [-0.3, -0.25) is 9.59 Å². The summed E-state index contributed by atoms with van der Waals surface area (Å²) in [5, 5.41) is 10.0. The largest absolute Gasteiger partial charge is 0.481 e. The van der Waals surface area contributed by atoms with Gasteiger partial charge in [-0.25, -0.2) is 0 Å². The van der Waals surface area contributed by atoms with Gasteiger partial charge in [0.25, 0.3) is 5.56 Å². The summed E-state index contributed by atoms with van der Waals surface area (Å²) in [6.07, 6.45) is -0.168. The van der Waals surface area contributed by atoms with Crippen molar-refractivity contribution >= 4 is 16.7 Å². The van der Waals surface area contributed by atoms with Gasteiger partial charge in [0.1, 0.15) is 0 Å². The van der Waals surface area contributed by atoms with Crippen molar-refractivity contribution < 1.29 is 9.90 Å². The molecule has 2 aromatic rings. The lowest BCUT2D eigenvalue weighted by atomic mass is 10.1. The molecule has 0 aliphatic heterocycles. The van der Waals surface area contributed by atoms with Gasteiger partial charge >= 0.3 is 5.97 Å². The van der Waals surface area contributed by atoms with Crippen LogP contribution in [0.15, 0.2) is 29.1 Å². The van der Waals surface area contributed by atoms with Crippen LogP contribution in [0.25, 0.3) is 10.8 Å². The number of nitrogens with one attached hydrogen (secondary N) is 1. The Morgan fingerprint density at radius 3 is 2.81 bits per heavy atom. The van der Waals surface area contributed by atoms with Crippen molar-refractivity contribution in [3.05, 3.63) is 45.9 Å². The number of aliphatic carboxylic acids is 1. The third kappa shape index (κ3) is 1.95. The van der Waals surface area contributed by atoms with Crippen LogP contribution >= 0.6 is 0 Å². The van der Waals surface area contributed by atoms with Gasteiger partial charge in [0.05, 0.1) is 6.42 Å². The molecule has 0 spiro atoms. The number of aromatic nitrogens is 1. The van der Waals surface area contributed by atoms with E-state index in [9.17, 15) is 9.59 Å². The molecule has 4 heteroatoms. The predicted octanol–water partition coefficient (Wildman–Crippen LogP) is 1.46. The highest BCUT2D eigenvalue weighted by Gasteiger charge is 2.05. The Morgan fingerprint density at radius 1 is 1.38 bits per heavy atom. The third-order valence-corrected chi connectivity index (χ3v) is 2.40. The maximum absolute atomic E-state index is 11.6. The second-order valence-corrected chi connectivity index (χ2v) is 3.78. The number of carboxylic acid groups (broad SMARTS) is 1. The Hall–Kier alpha value is -2.10. The van der Waals surface area contributed by atoms with Crippen molar-refractivity contribution in [3.8, 4) is 0 Å². The Morgan fingerprint density at radius 2 is 2.12 bits per heavy atom. The number of aromatic amines is 1. The lowest BCUT2D eigenvalue weighted by Crippen LogP contribution is -2.12. The molecule has 82 valence electrons. The summed E-state index contributed by atoms with van der Waals surface area (Å²) in [4.78, 5) is 24.8. The zero-order valence-corrected chi connectivity index (χ0v) is 8.78. The first-order valence-corrected chi connectivity index (χ1v) is 4.90. The summed E-state index contributed by atoms with van der Waals surface area (Å²) >= 11 is 0. The van der Waals surface area contributed by atoms with Crippen LogP contribution in [0.4, 0.5) is 0 Å². The van der Waals surface area contributed by atoms with E-state index >= 15 is 0 Å². The Kier molecular flexibility index (Phi) is 2.48. The molecule has 0 aliphatic rings. The van der Waals surface area contributed by atoms with Gasteiger partial charge in [-0.1, -0.05) is 17.7 Å². The van der Waals surface area contributed by atoms with E-state index in [0.29, 0.717) is 11.1 Å². The zero-order valence-electron chi connectivity index (χ0n) is 8.78. The molecule has 0 fully saturated rings. The van der Waals surface area contributed by atoms with E-state index in [0.717, 1.165) is 10.9 Å². The first-order chi connectivity index (χ1) is 7.56. The second kappa shape index (κ2) is 3.81. The van der Waals surface area contributed by atoms with Gasteiger partial charge in [-0.15, -0.1) is 0 Å². The van der Waals surface area contributed by atoms with E-state index < -0.39 is 5.97 Å². The molecule has 0 unspecified atom stereocenters. The number of aryl methyl sites for hydroxylation is 1. The third-order valence-electron chi connectivity index (χ3n) is 2.40. The van der Waals surface area contributed by atoms with Crippen molar-refractivity contribution in [2.75, 3.05) is 0 Å². The quantitative estimate of drug-likeness (QED) is 0.800. The van der Waals surface area contributed by atoms with Gasteiger partial charge in [0, 0.05) is 11.1 Å². The van der Waals surface area contributed by atoms with Crippen LogP contribution in [-0.4, -0.2) is 16.1 Å². The van der Waals surface area contributed by atoms with Gasteiger partial charge in [-0.2, -0.15) is 0 Å². The van der Waals surface area contributed by atoms with Gasteiger partial charge in [-0.05, 0) is 24.4 Å². The maximum Gasteiger partial charge on any atom is 0.309 e. The summed E-state index contributed by atoms with van der Waals surface area (Å²) in [7, 11) is 0. The van der Waals surface area contributed by atoms with E-state index in [-0.39, 0.29) is 12.0 Å². The van der Waals surface area contributed by atoms with Crippen LogP contribution in [0.2, 0.25) is 0 Å². The van der Waals surface area contributed by atoms with E-state index in [2.05, 4.69) is 4.98 Å². The molecule has 2 rings (SSSR count). The lowest BCUT2D eigenvalue weighted by molar-refractivity contribution is -0.136. The fourth-order valence-electron chi connectivity index (χ4n) is 1.70. The SMILES string of the molecule is Cc1ccc2c(=O)[nH]c(CC(=O)O)cc2c1. The molecule has 0 radical (unpaired) electrons. The first kappa shape index (κ1) is 10.4. The van der Waals surface area contributed by atoms with Crippen LogP contribution in [0.1, 0.15) is 11.3 Å². The molecular formula is C12H11NO3. The number of benzene rings is 1. The molecule has 0 bridgehead atoms. The molecule has 1 aromatic carbocycles. The summed E-state index contributed by atoms with van der Waals surface area (Å²) in [5.41, 5.74) is 1.23. The topological polar surface area (TPSA) is 70.2 Å². The normalized spacial score (nSPS) is 10.6. The molecule has 4 nitrogen and oxygen atoms in total. The average molecular weight is 217 g/mol. The van der Waals surface area contributed by atoms with Gasteiger partial charge in [0.15, 0.2) is 0 Å². The summed E-state index contributed by atoms with van der Waals surface area (Å²) in [5.74, 6) is -0.956. The average Bonchev–Trinajstić information content (AvgIpc) is 2.15. The molecular weight excluding hydrogens is 206 g/mol. The summed E-state index contributed by atoms with van der Waals surface area (Å²) < 4.78 is 0. The lowest BCUT2D eigenvalue weighted by Gasteiger charge is -2.02. The number of hydrogen-bond acceptors (Lipinski definition) is 2. The molecule has 0 atom stereocenters. The van der Waals surface area contributed by atoms with Crippen molar-refractivity contribution in [1.29, 1.82) is 0 Å². The van der Waals surface area contributed by atoms with E-state index in [1.54, 1.807) is 12.1 Å². The number of fused-ring (bicyclic) bond motifs is 1. The highest BCUT2D eigenvalue weighted by molar-refractivity contribution is 5.83. The molecule has 0 saturated heterocycles. The number of hydrogen-bond donors (Lipinski definition) is 2. The predicted molar refractivity (Wildman–Crippen MR) is 60.6 cm³/mol. The Balaban J connectivity index is 2.65. The minimum absolute atomic E-state index is 0.168. The van der Waals surface area contributed by atoms with Crippen LogP contribution in [0.3, 0.4) is 0 Å². The molecule has 2 N–H and O–H groups in total. The van der Waals surface area contributed by atoms with Crippen LogP contribution in [0, 0.1) is 6.92 Å². The van der Waals surface area contributed by atoms with Crippen molar-refractivity contribution in [1.82, 2.24) is 4.98 Å². The van der Waals surface area contributed by atoms with E-state index in [1.807, 2.05) is 19.1 Å². The minimum Gasteiger partial charge on any atom is -0.481 e. The van der Waals surface area contributed by atoms with Crippen LogP contribution in [-0.2, 0) is 11.2 Å². The van der Waals surface area contributed by atoms with Gasteiger partial charge < -0.3 is 10.1 Å². The monoisotopic (exact) mass is 217 g/mol. The number of carboxylic acids is 1. The number of pyridine rings is 1. The molecule has 1 heterocycles. The van der Waals surface area contributed by atoms with Crippen molar-refractivity contribution in [3.63, 3.8) is 0 Å². The van der Waals surface area contributed by atoms with Crippen molar-refractivity contribution in [2.45, 2.75) is 13.3 Å². The highest BCUT2D eigenvalue weighted by Crippen LogP contribution is 2.13. The zero-order chi connectivity index (χ0) is 11.7. The summed E-state index contributed by atoms with van der Waals surface area (Å²) in [6.45, 7) is 1.93. The highest BCUT2D eigenvalue weighted by atomic mass is 16.4. The Bertz CT molecular complexity index is 613. The van der Waals surface area contributed by atoms with Crippen molar-refractivity contribution in [2.24, 2.45) is 0 Å². The molecule has 0 aliphatic carbocycles. The molecule has 16 heavy (non-hydrogen) atoms. The maximum atomic E-state index is 11.6. The molecule has 1 aromatic heterocycles. The Labute approximate surface area is 91.5 Å². The van der Waals surface area contributed by atoms with Gasteiger partial charge in [0.2, 0.25) is 0 Å². The van der Waals surface area contributed by atoms with Crippen LogP contribution < -0.4 is 5.56 Å². The fourth-order valence-corrected chi connectivity index (χ4v) is 1.70. The molecule has 0 saturated carbocycles. The first-order valence-electron chi connectivity index (χ1n) is 4.90. The van der Waals surface area contributed by atoms with E-state index in [1.165, 1.54) is 0 Å². The van der Waals surface area contributed by atoms with Crippen LogP contribution in [0.5, 0.6) is 0 Å². The van der Waals surface area contributed by atoms with E-state index in [4.69, 9.17) is 5.11 Å². The standard InChI is InChI=1S/C12H11NO3/c1-7-2-3-10-8(4-7)5-9(6-11(14)15)13-12(10)16/h2-5H,6H2,1H3,(H,13,16)(H,14,15). The number of carbonyl (C=O) groups is 1. The minimum atomic E-state index is -0.956. The number of H-pyrrole nitrogens is 1. The summed E-state index contributed by atoms with van der Waals surface area (Å²) in [6, 6.07) is 7.18. The fraction of sp³-hybridized carbons (Fsp3) is 0.167. The smallest absolute Gasteiger partial charge is 0.309 e.